The van der Waals surface area contributed by atoms with Gasteiger partial charge in [0.2, 0.25) is 0 Å². The lowest BCUT2D eigenvalue weighted by Crippen LogP contribution is -2.64. The summed E-state index contributed by atoms with van der Waals surface area (Å²) >= 11 is 0. The topological polar surface area (TPSA) is 63.2 Å². The minimum Gasteiger partial charge on any atom is -0.456 e. The fourth-order valence-corrected chi connectivity index (χ4v) is 3.76. The van der Waals surface area contributed by atoms with Gasteiger partial charge >= 0.3 is 38.5 Å². The molecule has 0 aliphatic carbocycles. The monoisotopic (exact) mass is 492 g/mol. The van der Waals surface area contributed by atoms with Crippen molar-refractivity contribution in [3.05, 3.63) is 12.2 Å². The van der Waals surface area contributed by atoms with Crippen molar-refractivity contribution >= 4 is 14.8 Å². The van der Waals surface area contributed by atoms with E-state index in [0.29, 0.717) is 0 Å². The van der Waals surface area contributed by atoms with Gasteiger partial charge in [-0.2, -0.15) is 35.1 Å². The molecule has 0 aromatic heterocycles. The van der Waals surface area contributed by atoms with Crippen molar-refractivity contribution in [2.24, 2.45) is 0 Å². The summed E-state index contributed by atoms with van der Waals surface area (Å²) in [5, 5.41) is 0. The summed E-state index contributed by atoms with van der Waals surface area (Å²) in [4.78, 5) is 11.0. The molecule has 31 heavy (non-hydrogen) atoms. The summed E-state index contributed by atoms with van der Waals surface area (Å²) in [6.07, 6.45) is -0.104. The molecule has 6 nitrogen and oxygen atoms in total. The second-order valence-corrected chi connectivity index (χ2v) is 9.46. The number of ether oxygens (including phenoxy) is 2. The van der Waals surface area contributed by atoms with Crippen LogP contribution in [0.2, 0.25) is 6.04 Å². The van der Waals surface area contributed by atoms with Gasteiger partial charge in [0.25, 0.3) is 0 Å². The summed E-state index contributed by atoms with van der Waals surface area (Å²) in [6, 6.07) is 0.0147. The maximum Gasteiger partial charge on any atom is 0.500 e. The minimum absolute atomic E-state index is 0.0147. The van der Waals surface area contributed by atoms with Gasteiger partial charge in [0, 0.05) is 39.6 Å². The van der Waals surface area contributed by atoms with Crippen LogP contribution < -0.4 is 0 Å². The Labute approximate surface area is 174 Å². The Hall–Kier alpha value is -1.29. The molecule has 0 saturated carbocycles. The van der Waals surface area contributed by atoms with Gasteiger partial charge < -0.3 is 22.8 Å². The van der Waals surface area contributed by atoms with Crippen molar-refractivity contribution in [3.8, 4) is 0 Å². The van der Waals surface area contributed by atoms with Gasteiger partial charge in [-0.3, -0.25) is 0 Å². The highest BCUT2D eigenvalue weighted by Crippen LogP contribution is 2.52. The lowest BCUT2D eigenvalue weighted by atomic mass is 9.99. The molecule has 0 radical (unpaired) electrons. The Balaban J connectivity index is 5.10. The largest absolute Gasteiger partial charge is 0.500 e. The fraction of sp³-hybridized carbons (Fsp3) is 0.812. The Morgan fingerprint density at radius 2 is 1.26 bits per heavy atom. The predicted octanol–water partition coefficient (Wildman–Crippen LogP) is 3.93. The lowest BCUT2D eigenvalue weighted by molar-refractivity contribution is -0.375. The number of carbonyl (C=O) groups excluding carboxylic acids is 1. The molecule has 0 aliphatic heterocycles. The SMILES string of the molecule is C=C(C)C(=O)OCC(F)(F)C(F)(F)C(F)(F)C(F)(F)COCCC[Si](OC)(OC)OC. The van der Waals surface area contributed by atoms with Crippen LogP contribution >= 0.6 is 0 Å². The first-order chi connectivity index (χ1) is 14.0. The second-order valence-electron chi connectivity index (χ2n) is 6.37. The van der Waals surface area contributed by atoms with Gasteiger partial charge in [-0.25, -0.2) is 4.79 Å². The van der Waals surface area contributed by atoms with Crippen LogP contribution in [-0.2, 0) is 27.5 Å². The smallest absolute Gasteiger partial charge is 0.456 e. The first-order valence-electron chi connectivity index (χ1n) is 8.54. The van der Waals surface area contributed by atoms with E-state index >= 15 is 0 Å². The molecular weight excluding hydrogens is 468 g/mol. The van der Waals surface area contributed by atoms with E-state index in [1.54, 1.807) is 0 Å². The number of hydrogen-bond donors (Lipinski definition) is 0. The number of rotatable bonds is 15. The molecule has 0 aromatic carbocycles. The standard InChI is InChI=1S/C16H24F8O6Si/c1-11(2)12(25)30-10-14(19,20)16(23,24)15(21,22)13(17,18)9-29-7-6-8-31(26-3,27-4)28-5/h1,6-10H2,2-5H3. The van der Waals surface area contributed by atoms with Crippen LogP contribution in [0.25, 0.3) is 0 Å². The van der Waals surface area contributed by atoms with E-state index in [4.69, 9.17) is 13.3 Å². The van der Waals surface area contributed by atoms with Crippen molar-refractivity contribution in [3.63, 3.8) is 0 Å². The van der Waals surface area contributed by atoms with Crippen LogP contribution in [0.4, 0.5) is 35.1 Å². The molecule has 0 spiro atoms. The van der Waals surface area contributed by atoms with Crippen LogP contribution in [0.1, 0.15) is 13.3 Å². The lowest BCUT2D eigenvalue weighted by Gasteiger charge is -2.36. The quantitative estimate of drug-likeness (QED) is 0.114. The molecule has 0 fully saturated rings. The highest BCUT2D eigenvalue weighted by molar-refractivity contribution is 6.60. The van der Waals surface area contributed by atoms with E-state index < -0.39 is 63.9 Å². The van der Waals surface area contributed by atoms with E-state index in [1.165, 1.54) is 21.3 Å². The zero-order chi connectivity index (χ0) is 24.7. The van der Waals surface area contributed by atoms with Gasteiger partial charge in [0.15, 0.2) is 6.61 Å². The molecule has 184 valence electrons. The summed E-state index contributed by atoms with van der Waals surface area (Å²) < 4.78 is 133. The first-order valence-corrected chi connectivity index (χ1v) is 10.5. The molecule has 0 aromatic rings. The Morgan fingerprint density at radius 3 is 1.65 bits per heavy atom. The predicted molar refractivity (Wildman–Crippen MR) is 92.6 cm³/mol. The average Bonchev–Trinajstić information content (AvgIpc) is 2.68. The summed E-state index contributed by atoms with van der Waals surface area (Å²) in [5.41, 5.74) is -0.493. The van der Waals surface area contributed by atoms with Crippen LogP contribution in [0.5, 0.6) is 0 Å². The third-order valence-electron chi connectivity index (χ3n) is 4.03. The van der Waals surface area contributed by atoms with Crippen LogP contribution in [0.3, 0.4) is 0 Å². The second kappa shape index (κ2) is 11.0. The van der Waals surface area contributed by atoms with E-state index in [0.717, 1.165) is 6.92 Å². The van der Waals surface area contributed by atoms with E-state index in [1.807, 2.05) is 0 Å². The highest BCUT2D eigenvalue weighted by Gasteiger charge is 2.80. The van der Waals surface area contributed by atoms with Crippen molar-refractivity contribution in [1.29, 1.82) is 0 Å². The molecule has 0 N–H and O–H groups in total. The van der Waals surface area contributed by atoms with Crippen molar-refractivity contribution < 1.29 is 62.7 Å². The average molecular weight is 492 g/mol. The van der Waals surface area contributed by atoms with Crippen LogP contribution in [0, 0.1) is 0 Å². The molecule has 0 atom stereocenters. The molecule has 0 bridgehead atoms. The normalized spacial score (nSPS) is 13.9. The van der Waals surface area contributed by atoms with Gasteiger partial charge in [0.1, 0.15) is 6.61 Å². The molecule has 0 amide bonds. The van der Waals surface area contributed by atoms with Crippen molar-refractivity contribution in [2.75, 3.05) is 41.2 Å². The molecule has 0 heterocycles. The Morgan fingerprint density at radius 1 is 0.839 bits per heavy atom. The Kier molecular flexibility index (Phi) is 10.6. The minimum atomic E-state index is -6.58. The highest BCUT2D eigenvalue weighted by atomic mass is 28.4. The number of carbonyl (C=O) groups is 1. The maximum absolute atomic E-state index is 13.7. The number of esters is 1. The molecule has 0 aliphatic rings. The van der Waals surface area contributed by atoms with Gasteiger partial charge in [0.05, 0.1) is 0 Å². The van der Waals surface area contributed by atoms with Gasteiger partial charge in [-0.1, -0.05) is 6.58 Å². The first kappa shape index (κ1) is 29.7. The number of hydrogen-bond acceptors (Lipinski definition) is 6. The third-order valence-corrected chi connectivity index (χ3v) is 6.87. The maximum atomic E-state index is 13.7. The van der Waals surface area contributed by atoms with Crippen LogP contribution in [-0.4, -0.2) is 79.6 Å². The summed E-state index contributed by atoms with van der Waals surface area (Å²) in [7, 11) is 0.650. The molecule has 15 heteroatoms. The van der Waals surface area contributed by atoms with E-state index in [-0.39, 0.29) is 12.5 Å². The van der Waals surface area contributed by atoms with Crippen molar-refractivity contribution in [2.45, 2.75) is 43.1 Å². The third kappa shape index (κ3) is 6.84. The zero-order valence-electron chi connectivity index (χ0n) is 17.2. The van der Waals surface area contributed by atoms with Gasteiger partial charge in [-0.05, 0) is 13.3 Å². The fourth-order valence-electron chi connectivity index (χ4n) is 2.07. The van der Waals surface area contributed by atoms with Gasteiger partial charge in [-0.15, -0.1) is 0 Å². The summed E-state index contributed by atoms with van der Waals surface area (Å²) in [5.74, 6) is -26.2. The van der Waals surface area contributed by atoms with E-state index in [9.17, 15) is 39.9 Å². The molecular formula is C16H24F8O6Si. The van der Waals surface area contributed by atoms with Crippen LogP contribution in [0.15, 0.2) is 12.2 Å². The zero-order valence-corrected chi connectivity index (χ0v) is 18.2. The Bertz CT molecular complexity index is 605. The molecule has 0 unspecified atom stereocenters. The number of alkyl halides is 8. The number of halogens is 8. The summed E-state index contributed by atoms with van der Waals surface area (Å²) in [6.45, 7) is -1.53. The van der Waals surface area contributed by atoms with E-state index in [2.05, 4.69) is 16.1 Å². The molecule has 0 rings (SSSR count). The van der Waals surface area contributed by atoms with Crippen molar-refractivity contribution in [1.82, 2.24) is 0 Å². The molecule has 0 saturated heterocycles.